The molecule has 22 heavy (non-hydrogen) atoms. The van der Waals surface area contributed by atoms with Gasteiger partial charge in [0.05, 0.1) is 6.54 Å². The summed E-state index contributed by atoms with van der Waals surface area (Å²) in [7, 11) is 0. The Kier molecular flexibility index (Phi) is 4.48. The van der Waals surface area contributed by atoms with Crippen LogP contribution in [0.2, 0.25) is 0 Å². The molecule has 2 heterocycles. The molecule has 0 aliphatic carbocycles. The van der Waals surface area contributed by atoms with Gasteiger partial charge in [-0.15, -0.1) is 0 Å². The summed E-state index contributed by atoms with van der Waals surface area (Å²) < 4.78 is 1.83. The first-order valence-corrected chi connectivity index (χ1v) is 7.68. The third kappa shape index (κ3) is 3.17. The zero-order chi connectivity index (χ0) is 15.4. The number of aromatic nitrogens is 3. The number of amides is 1. The summed E-state index contributed by atoms with van der Waals surface area (Å²) in [5.74, 6) is -0.295. The van der Waals surface area contributed by atoms with E-state index in [1.807, 2.05) is 35.0 Å². The molecule has 0 radical (unpaired) electrons. The van der Waals surface area contributed by atoms with Crippen molar-refractivity contribution in [3.63, 3.8) is 0 Å². The van der Waals surface area contributed by atoms with Gasteiger partial charge in [-0.25, -0.2) is 4.98 Å². The van der Waals surface area contributed by atoms with E-state index in [1.54, 1.807) is 6.33 Å². The average molecular weight is 299 g/mol. The number of primary amides is 1. The molecule has 1 aliphatic heterocycles. The van der Waals surface area contributed by atoms with Gasteiger partial charge in [-0.1, -0.05) is 36.8 Å². The van der Waals surface area contributed by atoms with E-state index in [0.29, 0.717) is 0 Å². The molecule has 0 unspecified atom stereocenters. The number of hydrogen-bond donors (Lipinski definition) is 1. The van der Waals surface area contributed by atoms with Crippen LogP contribution < -0.4 is 5.73 Å². The highest BCUT2D eigenvalue weighted by molar-refractivity contribution is 5.81. The van der Waals surface area contributed by atoms with Crippen LogP contribution in [0.3, 0.4) is 0 Å². The van der Waals surface area contributed by atoms with Crippen molar-refractivity contribution in [3.8, 4) is 0 Å². The molecule has 2 atom stereocenters. The van der Waals surface area contributed by atoms with Gasteiger partial charge < -0.3 is 5.73 Å². The highest BCUT2D eigenvalue weighted by atomic mass is 16.1. The summed E-state index contributed by atoms with van der Waals surface area (Å²) in [5, 5.41) is 4.18. The van der Waals surface area contributed by atoms with Crippen molar-refractivity contribution in [3.05, 3.63) is 48.5 Å². The molecule has 1 saturated heterocycles. The quantitative estimate of drug-likeness (QED) is 0.904. The molecule has 1 aliphatic rings. The number of rotatable bonds is 5. The summed E-state index contributed by atoms with van der Waals surface area (Å²) >= 11 is 0. The minimum absolute atomic E-state index is 0.244. The Morgan fingerprint density at radius 2 is 2.14 bits per heavy atom. The Balaban J connectivity index is 1.85. The minimum atomic E-state index is -0.380. The van der Waals surface area contributed by atoms with E-state index < -0.39 is 0 Å². The van der Waals surface area contributed by atoms with Crippen molar-refractivity contribution in [2.75, 3.05) is 6.54 Å². The molecule has 116 valence electrons. The molecule has 0 spiro atoms. The van der Waals surface area contributed by atoms with Crippen molar-refractivity contribution < 1.29 is 4.79 Å². The van der Waals surface area contributed by atoms with Crippen LogP contribution in [-0.2, 0) is 11.3 Å². The Labute approximate surface area is 129 Å². The molecule has 3 rings (SSSR count). The van der Waals surface area contributed by atoms with Crippen molar-refractivity contribution in [2.45, 2.75) is 37.9 Å². The number of piperidine rings is 1. The first-order valence-electron chi connectivity index (χ1n) is 7.68. The molecule has 0 saturated carbocycles. The number of carbonyl (C=O) groups is 1. The van der Waals surface area contributed by atoms with Gasteiger partial charge in [-0.3, -0.25) is 14.4 Å². The smallest absolute Gasteiger partial charge is 0.239 e. The molecule has 1 aromatic carbocycles. The van der Waals surface area contributed by atoms with Gasteiger partial charge in [0.15, 0.2) is 0 Å². The number of nitrogens with zero attached hydrogens (tertiary/aromatic N) is 4. The van der Waals surface area contributed by atoms with Gasteiger partial charge in [0, 0.05) is 6.04 Å². The van der Waals surface area contributed by atoms with Crippen LogP contribution in [-0.4, -0.2) is 38.2 Å². The standard InChI is InChI=1S/C16H21N5O/c17-16(22)15(13-6-2-1-3-7-13)21-9-5-4-8-14(21)10-20-12-18-11-19-20/h1-3,6-7,11-12,14-15H,4-5,8-10H2,(H2,17,22)/t14-,15-/m1/s1. The highest BCUT2D eigenvalue weighted by Crippen LogP contribution is 2.29. The molecule has 6 nitrogen and oxygen atoms in total. The Morgan fingerprint density at radius 1 is 1.32 bits per heavy atom. The maximum absolute atomic E-state index is 12.1. The van der Waals surface area contributed by atoms with Gasteiger partial charge in [0.1, 0.15) is 18.7 Å². The molecule has 1 amide bonds. The summed E-state index contributed by atoms with van der Waals surface area (Å²) in [4.78, 5) is 18.3. The lowest BCUT2D eigenvalue weighted by molar-refractivity contribution is -0.125. The first kappa shape index (κ1) is 14.7. The molecule has 2 aromatic rings. The van der Waals surface area contributed by atoms with Gasteiger partial charge in [-0.2, -0.15) is 5.10 Å². The average Bonchev–Trinajstić information content (AvgIpc) is 3.03. The van der Waals surface area contributed by atoms with E-state index in [9.17, 15) is 4.79 Å². The van der Waals surface area contributed by atoms with Gasteiger partial charge in [0.25, 0.3) is 0 Å². The fourth-order valence-electron chi connectivity index (χ4n) is 3.26. The van der Waals surface area contributed by atoms with Crippen molar-refractivity contribution in [1.29, 1.82) is 0 Å². The predicted octanol–water partition coefficient (Wildman–Crippen LogP) is 1.36. The second-order valence-corrected chi connectivity index (χ2v) is 5.72. The fraction of sp³-hybridized carbons (Fsp3) is 0.438. The molecular weight excluding hydrogens is 278 g/mol. The van der Waals surface area contributed by atoms with Crippen molar-refractivity contribution >= 4 is 5.91 Å². The number of carbonyl (C=O) groups excluding carboxylic acids is 1. The molecule has 1 aromatic heterocycles. The molecular formula is C16H21N5O. The van der Waals surface area contributed by atoms with E-state index >= 15 is 0 Å². The van der Waals surface area contributed by atoms with Crippen LogP contribution in [0.15, 0.2) is 43.0 Å². The van der Waals surface area contributed by atoms with Crippen LogP contribution in [0.5, 0.6) is 0 Å². The van der Waals surface area contributed by atoms with Crippen LogP contribution in [0.1, 0.15) is 30.9 Å². The zero-order valence-corrected chi connectivity index (χ0v) is 12.5. The lowest BCUT2D eigenvalue weighted by Gasteiger charge is -2.40. The fourth-order valence-corrected chi connectivity index (χ4v) is 3.26. The van der Waals surface area contributed by atoms with E-state index in [-0.39, 0.29) is 18.0 Å². The Hall–Kier alpha value is -2.21. The number of likely N-dealkylation sites (tertiary alicyclic amines) is 1. The van der Waals surface area contributed by atoms with Crippen molar-refractivity contribution in [1.82, 2.24) is 19.7 Å². The third-order valence-electron chi connectivity index (χ3n) is 4.25. The topological polar surface area (TPSA) is 77.0 Å². The zero-order valence-electron chi connectivity index (χ0n) is 12.5. The van der Waals surface area contributed by atoms with E-state index in [1.165, 1.54) is 6.33 Å². The lowest BCUT2D eigenvalue weighted by Crippen LogP contribution is -2.48. The first-order chi connectivity index (χ1) is 10.8. The van der Waals surface area contributed by atoms with Crippen LogP contribution in [0.25, 0.3) is 0 Å². The second kappa shape index (κ2) is 6.70. The normalized spacial score (nSPS) is 20.6. The maximum Gasteiger partial charge on any atom is 0.239 e. The van der Waals surface area contributed by atoms with Gasteiger partial charge >= 0.3 is 0 Å². The monoisotopic (exact) mass is 299 g/mol. The molecule has 6 heteroatoms. The number of nitrogens with two attached hydrogens (primary N) is 1. The van der Waals surface area contributed by atoms with Crippen LogP contribution in [0.4, 0.5) is 0 Å². The SMILES string of the molecule is NC(=O)[C@@H](c1ccccc1)N1CCCC[C@@H]1Cn1cncn1. The van der Waals surface area contributed by atoms with Gasteiger partial charge in [0.2, 0.25) is 5.91 Å². The van der Waals surface area contributed by atoms with Gasteiger partial charge in [-0.05, 0) is 24.9 Å². The largest absolute Gasteiger partial charge is 0.368 e. The maximum atomic E-state index is 12.1. The van der Waals surface area contributed by atoms with E-state index in [2.05, 4.69) is 15.0 Å². The summed E-state index contributed by atoms with van der Waals surface area (Å²) in [6.45, 7) is 1.61. The predicted molar refractivity (Wildman–Crippen MR) is 82.7 cm³/mol. The van der Waals surface area contributed by atoms with E-state index in [4.69, 9.17) is 5.73 Å². The molecule has 2 N–H and O–H groups in total. The summed E-state index contributed by atoms with van der Waals surface area (Å²) in [5.41, 5.74) is 6.68. The third-order valence-corrected chi connectivity index (χ3v) is 4.25. The second-order valence-electron chi connectivity index (χ2n) is 5.72. The highest BCUT2D eigenvalue weighted by Gasteiger charge is 2.33. The summed E-state index contributed by atoms with van der Waals surface area (Å²) in [6, 6.07) is 9.64. The van der Waals surface area contributed by atoms with E-state index in [0.717, 1.165) is 37.9 Å². The molecule has 1 fully saturated rings. The molecule has 0 bridgehead atoms. The summed E-state index contributed by atoms with van der Waals surface area (Å²) in [6.07, 6.45) is 6.54. The number of hydrogen-bond acceptors (Lipinski definition) is 4. The van der Waals surface area contributed by atoms with Crippen LogP contribution in [0, 0.1) is 0 Å². The Morgan fingerprint density at radius 3 is 2.82 bits per heavy atom. The van der Waals surface area contributed by atoms with Crippen LogP contribution >= 0.6 is 0 Å². The van der Waals surface area contributed by atoms with Crippen molar-refractivity contribution in [2.24, 2.45) is 5.73 Å². The lowest BCUT2D eigenvalue weighted by atomic mass is 9.96. The number of benzene rings is 1. The Bertz CT molecular complexity index is 598. The minimum Gasteiger partial charge on any atom is -0.368 e.